The molecule has 1 aliphatic rings. The standard InChI is InChI=1S/C28H33F17N2O5S/c1-14(2)16(48)51-7-8-52-17(49)46-13-20(5)11-15(10-19(3,4)12-20)47-18(50)53-9-6-21(29,30)22(31,32)23(33,34)24(35,36)25(37,38)26(39,40)27(41,42)28(43,44)45/h15H,1,6-13H2,2-5H3,(H,46,49)(H,47,50). The minimum atomic E-state index is -8.71. The summed E-state index contributed by atoms with van der Waals surface area (Å²) >= 11 is -0.339. The number of nitrogens with one attached hydrogen (secondary N) is 2. The Morgan fingerprint density at radius 1 is 0.717 bits per heavy atom. The van der Waals surface area contributed by atoms with Gasteiger partial charge >= 0.3 is 59.7 Å². The van der Waals surface area contributed by atoms with Gasteiger partial charge in [-0.05, 0) is 37.0 Å². The molecule has 0 aromatic rings. The van der Waals surface area contributed by atoms with E-state index < -0.39 is 94.0 Å². The molecule has 2 atom stereocenters. The van der Waals surface area contributed by atoms with Crippen LogP contribution in [0.3, 0.4) is 0 Å². The first-order chi connectivity index (χ1) is 23.4. The van der Waals surface area contributed by atoms with Gasteiger partial charge in [-0.25, -0.2) is 9.59 Å². The second kappa shape index (κ2) is 15.7. The number of halogens is 17. The van der Waals surface area contributed by atoms with Gasteiger partial charge in [-0.15, -0.1) is 0 Å². The van der Waals surface area contributed by atoms with Crippen LogP contribution in [0.5, 0.6) is 0 Å². The normalized spacial score (nSPS) is 20.7. The van der Waals surface area contributed by atoms with E-state index in [1.54, 1.807) is 20.8 Å². The van der Waals surface area contributed by atoms with Crippen molar-refractivity contribution in [2.24, 2.45) is 10.8 Å². The van der Waals surface area contributed by atoms with Crippen LogP contribution >= 0.6 is 11.8 Å². The molecule has 0 aromatic carbocycles. The largest absolute Gasteiger partial charge is 0.460 e. The van der Waals surface area contributed by atoms with E-state index in [9.17, 15) is 89.0 Å². The third kappa shape index (κ3) is 10.1. The number of thioether (sulfide) groups is 1. The summed E-state index contributed by atoms with van der Waals surface area (Å²) in [6, 6.07) is -0.841. The van der Waals surface area contributed by atoms with Crippen molar-refractivity contribution in [1.29, 1.82) is 0 Å². The molecule has 2 unspecified atom stereocenters. The maximum Gasteiger partial charge on any atom is 0.460 e. The molecule has 1 rings (SSSR count). The number of hydrogen-bond acceptors (Lipinski definition) is 6. The van der Waals surface area contributed by atoms with Crippen LogP contribution in [0.4, 0.5) is 84.2 Å². The van der Waals surface area contributed by atoms with E-state index in [1.807, 2.05) is 0 Å². The van der Waals surface area contributed by atoms with Crippen molar-refractivity contribution in [3.63, 3.8) is 0 Å². The molecular formula is C28H33F17N2O5S. The van der Waals surface area contributed by atoms with E-state index in [-0.39, 0.29) is 49.9 Å². The molecule has 2 N–H and O–H groups in total. The average Bonchev–Trinajstić information content (AvgIpc) is 2.95. The molecule has 2 amide bonds. The molecule has 0 heterocycles. The Kier molecular flexibility index (Phi) is 14.3. The van der Waals surface area contributed by atoms with Gasteiger partial charge in [-0.1, -0.05) is 39.1 Å². The Labute approximate surface area is 294 Å². The third-order valence-electron chi connectivity index (χ3n) is 7.76. The minimum Gasteiger partial charge on any atom is -0.459 e. The summed E-state index contributed by atoms with van der Waals surface area (Å²) in [4.78, 5) is 35.8. The molecule has 25 heteroatoms. The fraction of sp³-hybridized carbons (Fsp3) is 0.821. The summed E-state index contributed by atoms with van der Waals surface area (Å²) in [5.74, 6) is -59.4. The van der Waals surface area contributed by atoms with Crippen molar-refractivity contribution < 1.29 is 98.5 Å². The third-order valence-corrected chi connectivity index (χ3v) is 8.55. The minimum absolute atomic E-state index is 0.0565. The van der Waals surface area contributed by atoms with E-state index in [0.717, 1.165) is 0 Å². The van der Waals surface area contributed by atoms with Crippen molar-refractivity contribution in [3.8, 4) is 0 Å². The van der Waals surface area contributed by atoms with Crippen LogP contribution in [-0.4, -0.2) is 96.5 Å². The van der Waals surface area contributed by atoms with Crippen LogP contribution in [0.25, 0.3) is 0 Å². The number of ether oxygens (including phenoxy) is 2. The molecule has 0 bridgehead atoms. The first kappa shape index (κ1) is 48.1. The number of carbonyl (C=O) groups excluding carboxylic acids is 3. The van der Waals surface area contributed by atoms with Gasteiger partial charge in [0.1, 0.15) is 13.2 Å². The molecule has 1 fully saturated rings. The number of rotatable bonds is 16. The van der Waals surface area contributed by atoms with E-state index >= 15 is 0 Å². The van der Waals surface area contributed by atoms with Crippen molar-refractivity contribution in [2.45, 2.75) is 107 Å². The Bertz CT molecular complexity index is 1360. The quantitative estimate of drug-likeness (QED) is 0.0698. The lowest BCUT2D eigenvalue weighted by Gasteiger charge is -2.46. The monoisotopic (exact) mass is 832 g/mol. The maximum absolute atomic E-state index is 14.2. The fourth-order valence-electron chi connectivity index (χ4n) is 5.43. The van der Waals surface area contributed by atoms with Gasteiger partial charge in [0.25, 0.3) is 5.24 Å². The lowest BCUT2D eigenvalue weighted by atomic mass is 9.62. The summed E-state index contributed by atoms with van der Waals surface area (Å²) in [6.45, 7) is 9.10. The van der Waals surface area contributed by atoms with Gasteiger partial charge in [-0.2, -0.15) is 74.6 Å². The molecule has 0 spiro atoms. The molecular weight excluding hydrogens is 799 g/mol. The first-order valence-corrected chi connectivity index (χ1v) is 15.7. The van der Waals surface area contributed by atoms with Crippen LogP contribution in [0, 0.1) is 10.8 Å². The number of amides is 2. The van der Waals surface area contributed by atoms with Crippen molar-refractivity contribution in [3.05, 3.63) is 12.2 Å². The SMILES string of the molecule is C=C(C)C(=O)OCCOC(=O)NCC1(C)CC(NC(=O)SCCC(F)(F)C(F)(F)C(F)(F)C(F)(F)C(F)(F)C(F)(F)C(F)(F)C(F)(F)F)CC(C)(C)C1. The lowest BCUT2D eigenvalue weighted by Crippen LogP contribution is -2.74. The van der Waals surface area contributed by atoms with Crippen molar-refractivity contribution >= 4 is 29.1 Å². The van der Waals surface area contributed by atoms with Crippen molar-refractivity contribution in [1.82, 2.24) is 10.6 Å². The zero-order valence-corrected chi connectivity index (χ0v) is 28.6. The van der Waals surface area contributed by atoms with Crippen LogP contribution in [-0.2, 0) is 14.3 Å². The first-order valence-electron chi connectivity index (χ1n) is 14.7. The highest BCUT2D eigenvalue weighted by Crippen LogP contribution is 2.64. The molecule has 0 saturated heterocycles. The molecule has 310 valence electrons. The van der Waals surface area contributed by atoms with Crippen LogP contribution in [0.1, 0.15) is 53.4 Å². The highest BCUT2D eigenvalue weighted by atomic mass is 32.2. The number of carbonyl (C=O) groups is 3. The second-order valence-electron chi connectivity index (χ2n) is 13.3. The molecule has 53 heavy (non-hydrogen) atoms. The van der Waals surface area contributed by atoms with Gasteiger partial charge in [0.05, 0.1) is 0 Å². The summed E-state index contributed by atoms with van der Waals surface area (Å²) < 4.78 is 239. The zero-order valence-electron chi connectivity index (χ0n) is 27.8. The highest BCUT2D eigenvalue weighted by Gasteiger charge is 2.95. The number of alkyl halides is 17. The molecule has 0 aromatic heterocycles. The maximum atomic E-state index is 14.2. The molecule has 1 saturated carbocycles. The van der Waals surface area contributed by atoms with Gasteiger partial charge < -0.3 is 20.1 Å². The lowest BCUT2D eigenvalue weighted by molar-refractivity contribution is -0.461. The van der Waals surface area contributed by atoms with Crippen LogP contribution in [0.2, 0.25) is 0 Å². The number of alkyl carbamates (subject to hydrolysis) is 1. The average molecular weight is 833 g/mol. The summed E-state index contributed by atoms with van der Waals surface area (Å²) in [5.41, 5.74) is -1.32. The predicted octanol–water partition coefficient (Wildman–Crippen LogP) is 9.26. The Balaban J connectivity index is 2.96. The Hall–Kier alpha value is -2.89. The van der Waals surface area contributed by atoms with Crippen LogP contribution < -0.4 is 10.6 Å². The fourth-order valence-corrected chi connectivity index (χ4v) is 6.23. The zero-order chi connectivity index (χ0) is 42.1. The van der Waals surface area contributed by atoms with Crippen molar-refractivity contribution in [2.75, 3.05) is 25.5 Å². The topological polar surface area (TPSA) is 93.7 Å². The van der Waals surface area contributed by atoms with E-state index in [1.165, 1.54) is 6.92 Å². The predicted molar refractivity (Wildman–Crippen MR) is 151 cm³/mol. The highest BCUT2D eigenvalue weighted by molar-refractivity contribution is 8.13. The van der Waals surface area contributed by atoms with Crippen LogP contribution in [0.15, 0.2) is 12.2 Å². The smallest absolute Gasteiger partial charge is 0.459 e. The van der Waals surface area contributed by atoms with E-state index in [4.69, 9.17) is 9.47 Å². The van der Waals surface area contributed by atoms with E-state index in [2.05, 4.69) is 17.2 Å². The van der Waals surface area contributed by atoms with Gasteiger partial charge in [0, 0.05) is 30.3 Å². The Morgan fingerprint density at radius 3 is 1.64 bits per heavy atom. The number of hydrogen-bond donors (Lipinski definition) is 2. The van der Waals surface area contributed by atoms with Gasteiger partial charge in [0.15, 0.2) is 0 Å². The summed E-state index contributed by atoms with van der Waals surface area (Å²) in [6.07, 6.45) is -10.9. The molecule has 1 aliphatic carbocycles. The Morgan fingerprint density at radius 2 is 1.17 bits per heavy atom. The summed E-state index contributed by atoms with van der Waals surface area (Å²) in [7, 11) is 0. The molecule has 7 nitrogen and oxygen atoms in total. The number of esters is 1. The molecule has 0 aliphatic heterocycles. The molecule has 0 radical (unpaired) electrons. The second-order valence-corrected chi connectivity index (χ2v) is 14.4. The van der Waals surface area contributed by atoms with Gasteiger partial charge in [-0.3, -0.25) is 4.79 Å². The van der Waals surface area contributed by atoms with Gasteiger partial charge in [0.2, 0.25) is 0 Å². The summed E-state index contributed by atoms with van der Waals surface area (Å²) in [5, 5.41) is 3.45. The van der Waals surface area contributed by atoms with E-state index in [0.29, 0.717) is 6.42 Å².